The first-order valence-corrected chi connectivity index (χ1v) is 7.59. The summed E-state index contributed by atoms with van der Waals surface area (Å²) in [6, 6.07) is 4.53. The van der Waals surface area contributed by atoms with E-state index < -0.39 is 62.4 Å². The number of aromatic nitrogens is 1. The molecule has 0 aliphatic heterocycles. The number of halogens is 2. The highest BCUT2D eigenvalue weighted by Crippen LogP contribution is 2.33. The Morgan fingerprint density at radius 3 is 2.07 bits per heavy atom. The lowest BCUT2D eigenvalue weighted by Gasteiger charge is -2.20. The number of carbonyl (C=O) groups excluding carboxylic acids is 1. The molecule has 27 heavy (non-hydrogen) atoms. The number of benzene rings is 1. The maximum absolute atomic E-state index is 14.7. The third-order valence-corrected chi connectivity index (χ3v) is 3.39. The third kappa shape index (κ3) is 3.77. The summed E-state index contributed by atoms with van der Waals surface area (Å²) in [6.07, 6.45) is 0. The van der Waals surface area contributed by atoms with Gasteiger partial charge in [0.15, 0.2) is 0 Å². The van der Waals surface area contributed by atoms with Crippen LogP contribution in [0.5, 0.6) is 0 Å². The number of rotatable bonds is 2. The van der Waals surface area contributed by atoms with Crippen molar-refractivity contribution >= 4 is 11.8 Å². The van der Waals surface area contributed by atoms with Crippen molar-refractivity contribution in [2.45, 2.75) is 26.4 Å². The smallest absolute Gasteiger partial charge is 0.338 e. The van der Waals surface area contributed by atoms with E-state index in [1.807, 2.05) is 0 Å². The summed E-state index contributed by atoms with van der Waals surface area (Å²) >= 11 is 0. The minimum absolute atomic E-state index is 0.404. The van der Waals surface area contributed by atoms with E-state index in [1.54, 1.807) is 26.8 Å². The molecule has 0 saturated heterocycles. The molecule has 0 bridgehead atoms. The molecule has 1 heterocycles. The van der Waals surface area contributed by atoms with Gasteiger partial charge < -0.3 is 15.5 Å². The number of carbonyl (C=O) groups is 1. The van der Waals surface area contributed by atoms with Crippen LogP contribution in [0.1, 0.15) is 42.3 Å². The number of anilines is 1. The molecule has 0 aliphatic carbocycles. The van der Waals surface area contributed by atoms with Gasteiger partial charge >= 0.3 is 5.97 Å². The van der Waals surface area contributed by atoms with Gasteiger partial charge in [-0.25, -0.2) is 13.6 Å². The SMILES string of the molecule is CC(C)(C)OC(=O)c1cc(F)c(-c2c(C#N)c(N)[nH]c(=O)c2C#N)c(F)c1. The number of aromatic amines is 1. The van der Waals surface area contributed by atoms with E-state index in [4.69, 9.17) is 10.5 Å². The van der Waals surface area contributed by atoms with Gasteiger partial charge in [0, 0.05) is 5.56 Å². The lowest BCUT2D eigenvalue weighted by atomic mass is 9.94. The monoisotopic (exact) mass is 372 g/mol. The molecule has 0 aliphatic rings. The van der Waals surface area contributed by atoms with Gasteiger partial charge in [-0.3, -0.25) is 4.79 Å². The van der Waals surface area contributed by atoms with E-state index in [1.165, 1.54) is 6.07 Å². The molecule has 1 aromatic carbocycles. The quantitative estimate of drug-likeness (QED) is 0.779. The van der Waals surface area contributed by atoms with Gasteiger partial charge in [0.1, 0.15) is 46.3 Å². The van der Waals surface area contributed by atoms with Gasteiger partial charge in [0.25, 0.3) is 5.56 Å². The Labute approximate surface area is 152 Å². The minimum atomic E-state index is -1.26. The van der Waals surface area contributed by atoms with Crippen LogP contribution in [0, 0.1) is 34.3 Å². The fraction of sp³-hybridized carbons (Fsp3) is 0.222. The first-order chi connectivity index (χ1) is 12.5. The van der Waals surface area contributed by atoms with Crippen LogP contribution in [0.3, 0.4) is 0 Å². The highest BCUT2D eigenvalue weighted by Gasteiger charge is 2.26. The Balaban J connectivity index is 2.77. The molecule has 7 nitrogen and oxygen atoms in total. The normalized spacial score (nSPS) is 10.8. The van der Waals surface area contributed by atoms with Crippen molar-refractivity contribution < 1.29 is 18.3 Å². The fourth-order valence-corrected chi connectivity index (χ4v) is 2.36. The van der Waals surface area contributed by atoms with E-state index in [2.05, 4.69) is 4.98 Å². The predicted molar refractivity (Wildman–Crippen MR) is 91.4 cm³/mol. The second-order valence-corrected chi connectivity index (χ2v) is 6.53. The molecular formula is C18H14F2N4O3. The summed E-state index contributed by atoms with van der Waals surface area (Å²) in [5, 5.41) is 18.4. The standard InChI is InChI=1S/C18H14F2N4O3/c1-18(2,3)27-17(26)8-4-11(19)14(12(20)5-8)13-9(6-21)15(23)24-16(25)10(13)7-22/h4-5H,1-3H3,(H3,23,24,25). The van der Waals surface area contributed by atoms with Crippen molar-refractivity contribution in [3.05, 3.63) is 50.8 Å². The summed E-state index contributed by atoms with van der Waals surface area (Å²) in [6.45, 7) is 4.76. The molecule has 138 valence electrons. The molecule has 0 unspecified atom stereocenters. The van der Waals surface area contributed by atoms with Gasteiger partial charge in [-0.15, -0.1) is 0 Å². The molecule has 2 rings (SSSR count). The minimum Gasteiger partial charge on any atom is -0.456 e. The Hall–Kier alpha value is -3.72. The third-order valence-electron chi connectivity index (χ3n) is 3.39. The van der Waals surface area contributed by atoms with Gasteiger partial charge in [-0.05, 0) is 32.9 Å². The first kappa shape index (κ1) is 19.6. The van der Waals surface area contributed by atoms with Crippen molar-refractivity contribution in [1.82, 2.24) is 4.98 Å². The largest absolute Gasteiger partial charge is 0.456 e. The van der Waals surface area contributed by atoms with E-state index in [0.29, 0.717) is 12.1 Å². The summed E-state index contributed by atoms with van der Waals surface area (Å²) in [7, 11) is 0. The molecule has 9 heteroatoms. The Morgan fingerprint density at radius 2 is 1.63 bits per heavy atom. The summed E-state index contributed by atoms with van der Waals surface area (Å²) in [5.41, 5.74) is 0.717. The predicted octanol–water partition coefficient (Wildman–Crippen LogP) is 2.60. The van der Waals surface area contributed by atoms with Crippen LogP contribution in [0.15, 0.2) is 16.9 Å². The van der Waals surface area contributed by atoms with E-state index >= 15 is 0 Å². The van der Waals surface area contributed by atoms with Crippen LogP contribution >= 0.6 is 0 Å². The van der Waals surface area contributed by atoms with Crippen molar-refractivity contribution in [1.29, 1.82) is 10.5 Å². The lowest BCUT2D eigenvalue weighted by Crippen LogP contribution is -2.24. The topological polar surface area (TPSA) is 133 Å². The molecule has 2 aromatic rings. The van der Waals surface area contributed by atoms with Crippen molar-refractivity contribution in [2.75, 3.05) is 5.73 Å². The molecule has 0 atom stereocenters. The van der Waals surface area contributed by atoms with Gasteiger partial charge in [0.05, 0.1) is 11.1 Å². The number of nitrogens with zero attached hydrogens (tertiary/aromatic N) is 2. The highest BCUT2D eigenvalue weighted by molar-refractivity contribution is 5.91. The maximum Gasteiger partial charge on any atom is 0.338 e. The lowest BCUT2D eigenvalue weighted by molar-refractivity contribution is 0.00685. The number of ether oxygens (including phenoxy) is 1. The highest BCUT2D eigenvalue weighted by atomic mass is 19.1. The number of H-pyrrole nitrogens is 1. The molecule has 3 N–H and O–H groups in total. The number of esters is 1. The molecule has 1 aromatic heterocycles. The van der Waals surface area contributed by atoms with Crippen LogP contribution in [0.4, 0.5) is 14.6 Å². The first-order valence-electron chi connectivity index (χ1n) is 7.59. The van der Waals surface area contributed by atoms with Gasteiger partial charge in [-0.1, -0.05) is 0 Å². The van der Waals surface area contributed by atoms with E-state index in [9.17, 15) is 28.9 Å². The molecule has 0 saturated carbocycles. The van der Waals surface area contributed by atoms with Crippen molar-refractivity contribution in [3.63, 3.8) is 0 Å². The zero-order valence-electron chi connectivity index (χ0n) is 14.6. The average Bonchev–Trinajstić information content (AvgIpc) is 2.52. The number of nitrogen functional groups attached to an aromatic ring is 1. The molecule has 0 spiro atoms. The zero-order chi connectivity index (χ0) is 20.5. The van der Waals surface area contributed by atoms with Crippen LogP contribution in [-0.4, -0.2) is 16.6 Å². The number of nitrogens with two attached hydrogens (primary N) is 1. The zero-order valence-corrected chi connectivity index (χ0v) is 14.6. The fourth-order valence-electron chi connectivity index (χ4n) is 2.36. The van der Waals surface area contributed by atoms with Crippen LogP contribution < -0.4 is 11.3 Å². The number of hydrogen-bond donors (Lipinski definition) is 2. The van der Waals surface area contributed by atoms with Crippen molar-refractivity contribution in [3.8, 4) is 23.3 Å². The van der Waals surface area contributed by atoms with E-state index in [0.717, 1.165) is 0 Å². The molecule has 0 amide bonds. The van der Waals surface area contributed by atoms with Gasteiger partial charge in [-0.2, -0.15) is 10.5 Å². The summed E-state index contributed by atoms with van der Waals surface area (Å²) in [5.74, 6) is -3.91. The Morgan fingerprint density at radius 1 is 1.11 bits per heavy atom. The van der Waals surface area contributed by atoms with Gasteiger partial charge in [0.2, 0.25) is 0 Å². The number of pyridine rings is 1. The number of nitriles is 2. The summed E-state index contributed by atoms with van der Waals surface area (Å²) in [4.78, 5) is 26.0. The Bertz CT molecular complexity index is 1060. The number of hydrogen-bond acceptors (Lipinski definition) is 6. The second kappa shape index (κ2) is 6.89. The van der Waals surface area contributed by atoms with Crippen molar-refractivity contribution in [2.24, 2.45) is 0 Å². The second-order valence-electron chi connectivity index (χ2n) is 6.53. The molecule has 0 radical (unpaired) electrons. The average molecular weight is 372 g/mol. The van der Waals surface area contributed by atoms with Crippen LogP contribution in [-0.2, 0) is 4.74 Å². The van der Waals surface area contributed by atoms with Crippen LogP contribution in [0.2, 0.25) is 0 Å². The van der Waals surface area contributed by atoms with Crippen LogP contribution in [0.25, 0.3) is 11.1 Å². The van der Waals surface area contributed by atoms with E-state index in [-0.39, 0.29) is 0 Å². The maximum atomic E-state index is 14.7. The molecular weight excluding hydrogens is 358 g/mol. The number of nitrogens with one attached hydrogen (secondary N) is 1. The molecule has 0 fully saturated rings. The Kier molecular flexibility index (Phi) is 5.00. The summed E-state index contributed by atoms with van der Waals surface area (Å²) < 4.78 is 34.4.